The zero-order valence-corrected chi connectivity index (χ0v) is 13.2. The quantitative estimate of drug-likeness (QED) is 0.626. The van der Waals surface area contributed by atoms with Gasteiger partial charge in [0.2, 0.25) is 0 Å². The molecular formula is C19H18N2O3. The van der Waals surface area contributed by atoms with Gasteiger partial charge in [-0.2, -0.15) is 0 Å². The van der Waals surface area contributed by atoms with Crippen molar-refractivity contribution in [2.24, 2.45) is 0 Å². The molecule has 0 bridgehead atoms. The van der Waals surface area contributed by atoms with E-state index in [0.29, 0.717) is 31.1 Å². The number of carbonyl (C=O) groups excluding carboxylic acids is 1. The highest BCUT2D eigenvalue weighted by Crippen LogP contribution is 2.15. The minimum absolute atomic E-state index is 0.307. The third-order valence-electron chi connectivity index (χ3n) is 3.48. The maximum absolute atomic E-state index is 12.0. The van der Waals surface area contributed by atoms with E-state index >= 15 is 0 Å². The van der Waals surface area contributed by atoms with E-state index in [2.05, 4.69) is 4.98 Å². The summed E-state index contributed by atoms with van der Waals surface area (Å²) in [4.78, 5) is 15.9. The van der Waals surface area contributed by atoms with Crippen molar-refractivity contribution >= 4 is 5.97 Å². The van der Waals surface area contributed by atoms with Crippen LogP contribution < -0.4 is 4.74 Å². The number of esters is 1. The fourth-order valence-electron chi connectivity index (χ4n) is 2.17. The number of imidazole rings is 1. The number of nitrogens with zero attached hydrogens (tertiary/aromatic N) is 2. The first-order valence-corrected chi connectivity index (χ1v) is 7.71. The molecule has 0 unspecified atom stereocenters. The van der Waals surface area contributed by atoms with Crippen LogP contribution in [0.1, 0.15) is 15.9 Å². The van der Waals surface area contributed by atoms with Gasteiger partial charge in [0, 0.05) is 12.4 Å². The summed E-state index contributed by atoms with van der Waals surface area (Å²) in [7, 11) is 0. The van der Waals surface area contributed by atoms with Crippen molar-refractivity contribution in [2.45, 2.75) is 13.2 Å². The summed E-state index contributed by atoms with van der Waals surface area (Å²) in [6, 6.07) is 16.9. The molecule has 0 aliphatic carbocycles. The summed E-state index contributed by atoms with van der Waals surface area (Å²) in [6.07, 6.45) is 5.20. The molecule has 1 heterocycles. The summed E-state index contributed by atoms with van der Waals surface area (Å²) >= 11 is 0. The zero-order chi connectivity index (χ0) is 16.6. The predicted octanol–water partition coefficient (Wildman–Crippen LogP) is 3.32. The molecule has 0 saturated carbocycles. The van der Waals surface area contributed by atoms with Crippen LogP contribution in [0, 0.1) is 0 Å². The zero-order valence-electron chi connectivity index (χ0n) is 13.2. The second-order valence-corrected chi connectivity index (χ2v) is 5.24. The lowest BCUT2D eigenvalue weighted by atomic mass is 10.2. The number of benzene rings is 2. The van der Waals surface area contributed by atoms with Crippen LogP contribution in [0.5, 0.6) is 5.75 Å². The molecule has 0 aliphatic heterocycles. The third kappa shape index (κ3) is 4.46. The molecule has 3 aromatic rings. The van der Waals surface area contributed by atoms with Gasteiger partial charge in [-0.25, -0.2) is 9.78 Å². The molecule has 0 N–H and O–H groups in total. The van der Waals surface area contributed by atoms with E-state index in [1.165, 1.54) is 0 Å². The Kier molecular flexibility index (Phi) is 5.24. The highest BCUT2D eigenvalue weighted by molar-refractivity contribution is 5.89. The van der Waals surface area contributed by atoms with Crippen LogP contribution in [-0.4, -0.2) is 22.1 Å². The summed E-state index contributed by atoms with van der Waals surface area (Å²) in [5.41, 5.74) is 1.60. The number of ether oxygens (including phenoxy) is 2. The summed E-state index contributed by atoms with van der Waals surface area (Å²) in [5.74, 6) is 0.374. The lowest BCUT2D eigenvalue weighted by molar-refractivity contribution is 0.0491. The molecule has 0 atom stereocenters. The van der Waals surface area contributed by atoms with Gasteiger partial charge in [0.25, 0.3) is 0 Å². The van der Waals surface area contributed by atoms with E-state index in [1.54, 1.807) is 36.8 Å². The average molecular weight is 322 g/mol. The molecule has 3 rings (SSSR count). The molecule has 5 nitrogen and oxygen atoms in total. The monoisotopic (exact) mass is 322 g/mol. The molecule has 2 aromatic carbocycles. The molecular weight excluding hydrogens is 304 g/mol. The van der Waals surface area contributed by atoms with Gasteiger partial charge in [-0.1, -0.05) is 30.3 Å². The first kappa shape index (κ1) is 15.8. The molecule has 0 spiro atoms. The fraction of sp³-hybridized carbons (Fsp3) is 0.158. The van der Waals surface area contributed by atoms with Gasteiger partial charge in [-0.15, -0.1) is 0 Å². The van der Waals surface area contributed by atoms with Gasteiger partial charge in [-0.3, -0.25) is 0 Å². The van der Waals surface area contributed by atoms with Crippen molar-refractivity contribution in [1.82, 2.24) is 9.55 Å². The Balaban J connectivity index is 1.47. The van der Waals surface area contributed by atoms with Crippen LogP contribution in [-0.2, 0) is 17.9 Å². The lowest BCUT2D eigenvalue weighted by Crippen LogP contribution is -2.10. The van der Waals surface area contributed by atoms with Crippen LogP contribution in [0.3, 0.4) is 0 Å². The van der Waals surface area contributed by atoms with Crippen LogP contribution in [0.15, 0.2) is 73.3 Å². The van der Waals surface area contributed by atoms with E-state index < -0.39 is 0 Å². The van der Waals surface area contributed by atoms with Gasteiger partial charge in [0.05, 0.1) is 18.4 Å². The van der Waals surface area contributed by atoms with Gasteiger partial charge in [-0.05, 0) is 29.8 Å². The number of carbonyl (C=O) groups is 1. The second-order valence-electron chi connectivity index (χ2n) is 5.24. The highest BCUT2D eigenvalue weighted by atomic mass is 16.5. The van der Waals surface area contributed by atoms with Crippen LogP contribution in [0.25, 0.3) is 0 Å². The van der Waals surface area contributed by atoms with E-state index in [1.807, 2.05) is 41.1 Å². The van der Waals surface area contributed by atoms with Crippen molar-refractivity contribution in [3.8, 4) is 5.75 Å². The molecule has 1 aromatic heterocycles. The first-order valence-electron chi connectivity index (χ1n) is 7.71. The van der Waals surface area contributed by atoms with Crippen LogP contribution >= 0.6 is 0 Å². The molecule has 0 radical (unpaired) electrons. The SMILES string of the molecule is O=C(OCCn1ccnc1)c1ccc(OCc2ccccc2)cc1. The summed E-state index contributed by atoms with van der Waals surface area (Å²) < 4.78 is 12.8. The van der Waals surface area contributed by atoms with Crippen molar-refractivity contribution in [1.29, 1.82) is 0 Å². The first-order chi connectivity index (χ1) is 11.8. The maximum atomic E-state index is 12.0. The van der Waals surface area contributed by atoms with Gasteiger partial charge < -0.3 is 14.0 Å². The second kappa shape index (κ2) is 7.97. The van der Waals surface area contributed by atoms with Gasteiger partial charge in [0.15, 0.2) is 0 Å². The van der Waals surface area contributed by atoms with Crippen LogP contribution in [0.2, 0.25) is 0 Å². The largest absolute Gasteiger partial charge is 0.489 e. The standard InChI is InChI=1S/C19H18N2O3/c22-19(23-13-12-21-11-10-20-15-21)17-6-8-18(9-7-17)24-14-16-4-2-1-3-5-16/h1-11,15H,12-14H2. The third-order valence-corrected chi connectivity index (χ3v) is 3.48. The molecule has 5 heteroatoms. The fourth-order valence-corrected chi connectivity index (χ4v) is 2.17. The molecule has 24 heavy (non-hydrogen) atoms. The molecule has 122 valence electrons. The minimum atomic E-state index is -0.343. The smallest absolute Gasteiger partial charge is 0.338 e. The van der Waals surface area contributed by atoms with E-state index in [-0.39, 0.29) is 5.97 Å². The number of hydrogen-bond acceptors (Lipinski definition) is 4. The lowest BCUT2D eigenvalue weighted by Gasteiger charge is -2.08. The molecule has 0 saturated heterocycles. The van der Waals surface area contributed by atoms with Crippen molar-refractivity contribution in [2.75, 3.05) is 6.61 Å². The van der Waals surface area contributed by atoms with Crippen LogP contribution in [0.4, 0.5) is 0 Å². The minimum Gasteiger partial charge on any atom is -0.489 e. The molecule has 0 amide bonds. The van der Waals surface area contributed by atoms with E-state index in [0.717, 1.165) is 5.56 Å². The number of rotatable bonds is 7. The molecule has 0 fully saturated rings. The van der Waals surface area contributed by atoms with Crippen molar-refractivity contribution in [3.63, 3.8) is 0 Å². The highest BCUT2D eigenvalue weighted by Gasteiger charge is 2.07. The average Bonchev–Trinajstić information content (AvgIpc) is 3.15. The Morgan fingerprint density at radius 3 is 2.54 bits per heavy atom. The molecule has 0 aliphatic rings. The Morgan fingerprint density at radius 1 is 1.04 bits per heavy atom. The van der Waals surface area contributed by atoms with Crippen molar-refractivity contribution in [3.05, 3.63) is 84.4 Å². The normalized spacial score (nSPS) is 10.3. The predicted molar refractivity (Wildman–Crippen MR) is 89.7 cm³/mol. The summed E-state index contributed by atoms with van der Waals surface area (Å²) in [5, 5.41) is 0. The Hall–Kier alpha value is -3.08. The topological polar surface area (TPSA) is 53.4 Å². The van der Waals surface area contributed by atoms with E-state index in [4.69, 9.17) is 9.47 Å². The Bertz CT molecular complexity index is 753. The number of hydrogen-bond donors (Lipinski definition) is 0. The summed E-state index contributed by atoms with van der Waals surface area (Å²) in [6.45, 7) is 1.39. The Labute approximate surface area is 140 Å². The van der Waals surface area contributed by atoms with Crippen molar-refractivity contribution < 1.29 is 14.3 Å². The van der Waals surface area contributed by atoms with Gasteiger partial charge >= 0.3 is 5.97 Å². The number of aromatic nitrogens is 2. The van der Waals surface area contributed by atoms with E-state index in [9.17, 15) is 4.79 Å². The van der Waals surface area contributed by atoms with Gasteiger partial charge in [0.1, 0.15) is 19.0 Å². The maximum Gasteiger partial charge on any atom is 0.338 e. The Morgan fingerprint density at radius 2 is 1.83 bits per heavy atom.